The van der Waals surface area contributed by atoms with Crippen LogP contribution in [0.1, 0.15) is 36.8 Å². The monoisotopic (exact) mass is 508 g/mol. The van der Waals surface area contributed by atoms with Gasteiger partial charge >= 0.3 is 0 Å². The maximum atomic E-state index is 13.6. The molecule has 36 heavy (non-hydrogen) atoms. The van der Waals surface area contributed by atoms with Gasteiger partial charge in [0.15, 0.2) is 6.61 Å². The van der Waals surface area contributed by atoms with Gasteiger partial charge in [0.2, 0.25) is 5.91 Å². The summed E-state index contributed by atoms with van der Waals surface area (Å²) in [7, 11) is 0. The Morgan fingerprint density at radius 1 is 0.972 bits per heavy atom. The summed E-state index contributed by atoms with van der Waals surface area (Å²) in [5.41, 5.74) is 1.76. The second-order valence-corrected chi connectivity index (χ2v) is 9.53. The van der Waals surface area contributed by atoms with Crippen LogP contribution in [0.3, 0.4) is 0 Å². The summed E-state index contributed by atoms with van der Waals surface area (Å²) < 4.78 is 18.9. The molecule has 7 heteroatoms. The van der Waals surface area contributed by atoms with Gasteiger partial charge in [-0.25, -0.2) is 4.39 Å². The van der Waals surface area contributed by atoms with Crippen molar-refractivity contribution in [1.82, 2.24) is 10.2 Å². The van der Waals surface area contributed by atoms with Gasteiger partial charge in [-0.15, -0.1) is 0 Å². The zero-order chi connectivity index (χ0) is 25.3. The highest BCUT2D eigenvalue weighted by Crippen LogP contribution is 2.21. The number of amides is 2. The standard InChI is InChI=1S/C29H30ClFN2O3/c30-23-10-6-9-22(17-23)19-33(28(34)20-36-26-15-13-24(31)14-16-26)27(18-21-7-2-1-3-8-21)29(35)32-25-11-4-5-12-25/h1-3,6-10,13-17,25,27H,4-5,11-12,18-20H2,(H,32,35)/t27-/m0/s1. The lowest BCUT2D eigenvalue weighted by Crippen LogP contribution is -2.53. The van der Waals surface area contributed by atoms with Crippen LogP contribution in [-0.4, -0.2) is 35.4 Å². The number of carbonyl (C=O) groups excluding carboxylic acids is 2. The summed E-state index contributed by atoms with van der Waals surface area (Å²) in [4.78, 5) is 28.7. The summed E-state index contributed by atoms with van der Waals surface area (Å²) in [5.74, 6) is -0.532. The van der Waals surface area contributed by atoms with Crippen molar-refractivity contribution in [2.24, 2.45) is 0 Å². The van der Waals surface area contributed by atoms with Crippen LogP contribution in [0.4, 0.5) is 4.39 Å². The minimum Gasteiger partial charge on any atom is -0.484 e. The second kappa shape index (κ2) is 12.5. The molecule has 1 saturated carbocycles. The van der Waals surface area contributed by atoms with Crippen LogP contribution in [-0.2, 0) is 22.6 Å². The molecule has 0 heterocycles. The van der Waals surface area contributed by atoms with Crippen LogP contribution in [0.2, 0.25) is 5.02 Å². The molecule has 1 atom stereocenters. The molecule has 3 aromatic rings. The molecule has 188 valence electrons. The first-order valence-corrected chi connectivity index (χ1v) is 12.6. The van der Waals surface area contributed by atoms with Crippen molar-refractivity contribution < 1.29 is 18.7 Å². The molecule has 1 fully saturated rings. The number of benzene rings is 3. The average molecular weight is 509 g/mol. The number of rotatable bonds is 10. The van der Waals surface area contributed by atoms with Crippen molar-refractivity contribution in [3.63, 3.8) is 0 Å². The Kier molecular flexibility index (Phi) is 8.95. The van der Waals surface area contributed by atoms with Gasteiger partial charge in [-0.05, 0) is 60.4 Å². The largest absolute Gasteiger partial charge is 0.484 e. The highest BCUT2D eigenvalue weighted by molar-refractivity contribution is 6.30. The maximum Gasteiger partial charge on any atom is 0.261 e. The molecule has 4 rings (SSSR count). The molecule has 0 saturated heterocycles. The Hall–Kier alpha value is -3.38. The van der Waals surface area contributed by atoms with E-state index >= 15 is 0 Å². The SMILES string of the molecule is O=C(NC1CCCC1)[C@H](Cc1ccccc1)N(Cc1cccc(Cl)c1)C(=O)COc1ccc(F)cc1. The van der Waals surface area contributed by atoms with E-state index in [0.29, 0.717) is 17.2 Å². The molecular formula is C29H30ClFN2O3. The quantitative estimate of drug-likeness (QED) is 0.390. The second-order valence-electron chi connectivity index (χ2n) is 9.09. The van der Waals surface area contributed by atoms with Crippen molar-refractivity contribution in [2.45, 2.75) is 50.7 Å². The van der Waals surface area contributed by atoms with Gasteiger partial charge in [-0.3, -0.25) is 9.59 Å². The van der Waals surface area contributed by atoms with E-state index in [1.165, 1.54) is 24.3 Å². The van der Waals surface area contributed by atoms with Crippen molar-refractivity contribution in [1.29, 1.82) is 0 Å². The molecule has 0 bridgehead atoms. The van der Waals surface area contributed by atoms with Crippen LogP contribution in [0, 0.1) is 5.82 Å². The smallest absolute Gasteiger partial charge is 0.261 e. The van der Waals surface area contributed by atoms with Gasteiger partial charge in [0.25, 0.3) is 5.91 Å². The fourth-order valence-corrected chi connectivity index (χ4v) is 4.73. The van der Waals surface area contributed by atoms with E-state index in [4.69, 9.17) is 16.3 Å². The van der Waals surface area contributed by atoms with Gasteiger partial charge in [0.1, 0.15) is 17.6 Å². The predicted octanol–water partition coefficient (Wildman–Crippen LogP) is 5.56. The van der Waals surface area contributed by atoms with Gasteiger partial charge in [-0.1, -0.05) is 66.9 Å². The fourth-order valence-electron chi connectivity index (χ4n) is 4.51. The number of ether oxygens (including phenoxy) is 1. The first-order chi connectivity index (χ1) is 17.5. The number of halogens is 2. The molecule has 0 spiro atoms. The molecular weight excluding hydrogens is 479 g/mol. The Morgan fingerprint density at radius 3 is 2.36 bits per heavy atom. The van der Waals surface area contributed by atoms with E-state index in [1.54, 1.807) is 17.0 Å². The molecule has 3 aromatic carbocycles. The van der Waals surface area contributed by atoms with Crippen molar-refractivity contribution in [2.75, 3.05) is 6.61 Å². The number of hydrogen-bond acceptors (Lipinski definition) is 3. The molecule has 0 aromatic heterocycles. The van der Waals surface area contributed by atoms with Crippen LogP contribution in [0.15, 0.2) is 78.9 Å². The summed E-state index contributed by atoms with van der Waals surface area (Å²) in [6, 6.07) is 21.8. The van der Waals surface area contributed by atoms with E-state index in [0.717, 1.165) is 36.8 Å². The number of nitrogens with one attached hydrogen (secondary N) is 1. The van der Waals surface area contributed by atoms with Crippen molar-refractivity contribution in [3.8, 4) is 5.75 Å². The van der Waals surface area contributed by atoms with Crippen LogP contribution in [0.25, 0.3) is 0 Å². The third-order valence-corrected chi connectivity index (χ3v) is 6.63. The van der Waals surface area contributed by atoms with Gasteiger partial charge < -0.3 is 15.0 Å². The zero-order valence-corrected chi connectivity index (χ0v) is 20.8. The Bertz CT molecular complexity index is 1150. The molecule has 0 aliphatic heterocycles. The highest BCUT2D eigenvalue weighted by atomic mass is 35.5. The van der Waals surface area contributed by atoms with Crippen LogP contribution < -0.4 is 10.1 Å². The molecule has 1 N–H and O–H groups in total. The van der Waals surface area contributed by atoms with E-state index in [-0.39, 0.29) is 36.8 Å². The minimum absolute atomic E-state index is 0.120. The molecule has 0 unspecified atom stereocenters. The van der Waals surface area contributed by atoms with E-state index in [9.17, 15) is 14.0 Å². The lowest BCUT2D eigenvalue weighted by molar-refractivity contribution is -0.143. The first kappa shape index (κ1) is 25.7. The third kappa shape index (κ3) is 7.31. The van der Waals surface area contributed by atoms with Gasteiger partial charge in [0.05, 0.1) is 0 Å². The normalized spacial score (nSPS) is 14.3. The third-order valence-electron chi connectivity index (χ3n) is 6.39. The lowest BCUT2D eigenvalue weighted by Gasteiger charge is -2.32. The highest BCUT2D eigenvalue weighted by Gasteiger charge is 2.32. The fraction of sp³-hybridized carbons (Fsp3) is 0.310. The number of hydrogen-bond donors (Lipinski definition) is 1. The summed E-state index contributed by atoms with van der Waals surface area (Å²) in [6.45, 7) is -0.0873. The maximum absolute atomic E-state index is 13.6. The minimum atomic E-state index is -0.740. The number of carbonyl (C=O) groups is 2. The first-order valence-electron chi connectivity index (χ1n) is 12.2. The van der Waals surface area contributed by atoms with E-state index in [2.05, 4.69) is 5.32 Å². The van der Waals surface area contributed by atoms with Crippen molar-refractivity contribution >= 4 is 23.4 Å². The molecule has 1 aliphatic rings. The molecule has 0 radical (unpaired) electrons. The Morgan fingerprint density at radius 2 is 1.67 bits per heavy atom. The summed E-state index contributed by atoms with van der Waals surface area (Å²) >= 11 is 6.21. The number of nitrogens with zero attached hydrogens (tertiary/aromatic N) is 1. The summed E-state index contributed by atoms with van der Waals surface area (Å²) in [6.07, 6.45) is 4.43. The van der Waals surface area contributed by atoms with Crippen LogP contribution in [0.5, 0.6) is 5.75 Å². The predicted molar refractivity (Wildman–Crippen MR) is 138 cm³/mol. The Labute approximate surface area is 216 Å². The zero-order valence-electron chi connectivity index (χ0n) is 20.0. The van der Waals surface area contributed by atoms with Gasteiger partial charge in [-0.2, -0.15) is 0 Å². The molecule has 1 aliphatic carbocycles. The molecule has 2 amide bonds. The van der Waals surface area contributed by atoms with Gasteiger partial charge in [0, 0.05) is 24.0 Å². The van der Waals surface area contributed by atoms with E-state index in [1.807, 2.05) is 42.5 Å². The average Bonchev–Trinajstić information content (AvgIpc) is 3.39. The van der Waals surface area contributed by atoms with Crippen LogP contribution >= 0.6 is 11.6 Å². The molecule has 5 nitrogen and oxygen atoms in total. The lowest BCUT2D eigenvalue weighted by atomic mass is 10.0. The Balaban J connectivity index is 1.60. The van der Waals surface area contributed by atoms with Crippen molar-refractivity contribution in [3.05, 3.63) is 101 Å². The summed E-state index contributed by atoms with van der Waals surface area (Å²) in [5, 5.41) is 3.72. The van der Waals surface area contributed by atoms with E-state index < -0.39 is 6.04 Å². The topological polar surface area (TPSA) is 58.6 Å².